The van der Waals surface area contributed by atoms with Gasteiger partial charge in [-0.3, -0.25) is 4.79 Å². The summed E-state index contributed by atoms with van der Waals surface area (Å²) in [6.07, 6.45) is 2.62. The first-order chi connectivity index (χ1) is 7.99. The Morgan fingerprint density at radius 2 is 2.12 bits per heavy atom. The van der Waals surface area contributed by atoms with Gasteiger partial charge < -0.3 is 10.0 Å². The van der Waals surface area contributed by atoms with E-state index in [0.29, 0.717) is 6.54 Å². The van der Waals surface area contributed by atoms with E-state index in [4.69, 9.17) is 5.11 Å². The lowest BCUT2D eigenvalue weighted by atomic mass is 10.1. The summed E-state index contributed by atoms with van der Waals surface area (Å²) in [5.41, 5.74) is 1.78. The monoisotopic (exact) mass is 233 g/mol. The van der Waals surface area contributed by atoms with Crippen LogP contribution in [0.15, 0.2) is 30.3 Å². The largest absolute Gasteiger partial charge is 0.478 e. The summed E-state index contributed by atoms with van der Waals surface area (Å²) in [6.45, 7) is 2.03. The molecule has 0 aliphatic carbocycles. The molecular weight excluding hydrogens is 218 g/mol. The molecule has 0 radical (unpaired) electrons. The van der Waals surface area contributed by atoms with Gasteiger partial charge in [-0.05, 0) is 23.3 Å². The average molecular weight is 233 g/mol. The SMILES string of the molecule is CC(=O)N(C)Cc1cccc(/C=C/C(=O)O)c1. The van der Waals surface area contributed by atoms with Crippen LogP contribution >= 0.6 is 0 Å². The van der Waals surface area contributed by atoms with E-state index in [1.54, 1.807) is 11.9 Å². The van der Waals surface area contributed by atoms with Gasteiger partial charge in [0.25, 0.3) is 0 Å². The molecule has 0 saturated carbocycles. The number of carboxylic acid groups (broad SMARTS) is 1. The molecule has 90 valence electrons. The third-order valence-electron chi connectivity index (χ3n) is 2.33. The molecule has 1 N–H and O–H groups in total. The van der Waals surface area contributed by atoms with E-state index < -0.39 is 5.97 Å². The second-order valence-electron chi connectivity index (χ2n) is 3.79. The highest BCUT2D eigenvalue weighted by atomic mass is 16.4. The van der Waals surface area contributed by atoms with E-state index in [-0.39, 0.29) is 5.91 Å². The Morgan fingerprint density at radius 3 is 2.71 bits per heavy atom. The minimum absolute atomic E-state index is 0.00326. The highest BCUT2D eigenvalue weighted by Gasteiger charge is 2.03. The van der Waals surface area contributed by atoms with Crippen LogP contribution in [0.25, 0.3) is 6.08 Å². The molecule has 0 bridgehead atoms. The van der Waals surface area contributed by atoms with E-state index in [2.05, 4.69) is 0 Å². The summed E-state index contributed by atoms with van der Waals surface area (Å²) in [5, 5.41) is 8.52. The second-order valence-corrected chi connectivity index (χ2v) is 3.79. The van der Waals surface area contributed by atoms with Crippen LogP contribution in [-0.4, -0.2) is 28.9 Å². The molecule has 0 aromatic heterocycles. The summed E-state index contributed by atoms with van der Waals surface area (Å²) in [6, 6.07) is 7.41. The van der Waals surface area contributed by atoms with Gasteiger partial charge in [0.1, 0.15) is 0 Å². The van der Waals surface area contributed by atoms with Crippen LogP contribution in [0.2, 0.25) is 0 Å². The maximum atomic E-state index is 11.1. The Kier molecular flexibility index (Phi) is 4.46. The highest BCUT2D eigenvalue weighted by Crippen LogP contribution is 2.09. The quantitative estimate of drug-likeness (QED) is 0.806. The molecule has 0 saturated heterocycles. The van der Waals surface area contributed by atoms with Crippen LogP contribution in [0.5, 0.6) is 0 Å². The highest BCUT2D eigenvalue weighted by molar-refractivity contribution is 5.85. The summed E-state index contributed by atoms with van der Waals surface area (Å²) in [5.74, 6) is -0.979. The van der Waals surface area contributed by atoms with Crippen LogP contribution in [0.3, 0.4) is 0 Å². The second kappa shape index (κ2) is 5.84. The smallest absolute Gasteiger partial charge is 0.328 e. The van der Waals surface area contributed by atoms with Crippen molar-refractivity contribution in [3.05, 3.63) is 41.5 Å². The van der Waals surface area contributed by atoms with Crippen LogP contribution in [0, 0.1) is 0 Å². The molecule has 1 rings (SSSR count). The molecule has 0 aliphatic rings. The van der Waals surface area contributed by atoms with Crippen molar-refractivity contribution in [1.29, 1.82) is 0 Å². The predicted molar refractivity (Wildman–Crippen MR) is 65.3 cm³/mol. The maximum absolute atomic E-state index is 11.1. The van der Waals surface area contributed by atoms with Gasteiger partial charge in [0.2, 0.25) is 5.91 Å². The summed E-state index contributed by atoms with van der Waals surface area (Å²) < 4.78 is 0. The minimum Gasteiger partial charge on any atom is -0.478 e. The van der Waals surface area contributed by atoms with Crippen LogP contribution in [0.1, 0.15) is 18.1 Å². The Balaban J connectivity index is 2.79. The first kappa shape index (κ1) is 13.0. The van der Waals surface area contributed by atoms with Crippen LogP contribution in [-0.2, 0) is 16.1 Å². The number of rotatable bonds is 4. The molecule has 4 nitrogen and oxygen atoms in total. The third-order valence-corrected chi connectivity index (χ3v) is 2.33. The lowest BCUT2D eigenvalue weighted by Gasteiger charge is -2.14. The van der Waals surface area contributed by atoms with E-state index >= 15 is 0 Å². The first-order valence-corrected chi connectivity index (χ1v) is 5.20. The minimum atomic E-state index is -0.976. The Bertz CT molecular complexity index is 452. The van der Waals surface area contributed by atoms with Gasteiger partial charge in [0.15, 0.2) is 0 Å². The number of nitrogens with zero attached hydrogens (tertiary/aromatic N) is 1. The molecule has 0 aliphatic heterocycles. The first-order valence-electron chi connectivity index (χ1n) is 5.20. The molecule has 1 aromatic rings. The predicted octanol–water partition coefficient (Wildman–Crippen LogP) is 1.76. The normalized spacial score (nSPS) is 10.5. The van der Waals surface area contributed by atoms with Gasteiger partial charge in [0.05, 0.1) is 0 Å². The van der Waals surface area contributed by atoms with E-state index in [9.17, 15) is 9.59 Å². The number of aliphatic carboxylic acids is 1. The number of carbonyl (C=O) groups excluding carboxylic acids is 1. The molecule has 0 fully saturated rings. The molecule has 17 heavy (non-hydrogen) atoms. The zero-order chi connectivity index (χ0) is 12.8. The summed E-state index contributed by atoms with van der Waals surface area (Å²) in [4.78, 5) is 23.1. The Labute approximate surface area is 100 Å². The van der Waals surface area contributed by atoms with Crippen molar-refractivity contribution in [3.8, 4) is 0 Å². The van der Waals surface area contributed by atoms with Crippen LogP contribution in [0.4, 0.5) is 0 Å². The lowest BCUT2D eigenvalue weighted by Crippen LogP contribution is -2.22. The van der Waals surface area contributed by atoms with E-state index in [0.717, 1.165) is 17.2 Å². The third kappa shape index (κ3) is 4.51. The molecule has 1 aromatic carbocycles. The lowest BCUT2D eigenvalue weighted by molar-refractivity contribution is -0.131. The van der Waals surface area contributed by atoms with E-state index in [1.165, 1.54) is 13.0 Å². The zero-order valence-electron chi connectivity index (χ0n) is 9.88. The summed E-state index contributed by atoms with van der Waals surface area (Å²) >= 11 is 0. The number of hydrogen-bond acceptors (Lipinski definition) is 2. The number of carbonyl (C=O) groups is 2. The molecule has 0 atom stereocenters. The van der Waals surface area contributed by atoms with Crippen molar-refractivity contribution < 1.29 is 14.7 Å². The van der Waals surface area contributed by atoms with Crippen molar-refractivity contribution in [2.24, 2.45) is 0 Å². The van der Waals surface area contributed by atoms with Crippen molar-refractivity contribution in [2.75, 3.05) is 7.05 Å². The fraction of sp³-hybridized carbons (Fsp3) is 0.231. The fourth-order valence-electron chi connectivity index (χ4n) is 1.35. The zero-order valence-corrected chi connectivity index (χ0v) is 9.88. The molecule has 0 spiro atoms. The van der Waals surface area contributed by atoms with Gasteiger partial charge in [0, 0.05) is 26.6 Å². The number of benzene rings is 1. The Hall–Kier alpha value is -2.10. The number of hydrogen-bond donors (Lipinski definition) is 1. The maximum Gasteiger partial charge on any atom is 0.328 e. The molecule has 1 amide bonds. The topological polar surface area (TPSA) is 57.6 Å². The molecular formula is C13H15NO3. The van der Waals surface area contributed by atoms with Gasteiger partial charge in [-0.2, -0.15) is 0 Å². The molecule has 0 unspecified atom stereocenters. The standard InChI is InChI=1S/C13H15NO3/c1-10(15)14(2)9-12-5-3-4-11(8-12)6-7-13(16)17/h3-8H,9H2,1-2H3,(H,16,17)/b7-6+. The van der Waals surface area contributed by atoms with Gasteiger partial charge >= 0.3 is 5.97 Å². The number of amides is 1. The summed E-state index contributed by atoms with van der Waals surface area (Å²) in [7, 11) is 1.72. The van der Waals surface area contributed by atoms with E-state index in [1.807, 2.05) is 24.3 Å². The van der Waals surface area contributed by atoms with Crippen LogP contribution < -0.4 is 0 Å². The molecule has 4 heteroatoms. The van der Waals surface area contributed by atoms with Crippen molar-refractivity contribution in [1.82, 2.24) is 4.90 Å². The van der Waals surface area contributed by atoms with Crippen molar-refractivity contribution >= 4 is 18.0 Å². The molecule has 0 heterocycles. The Morgan fingerprint density at radius 1 is 1.41 bits per heavy atom. The fourth-order valence-corrected chi connectivity index (χ4v) is 1.35. The van der Waals surface area contributed by atoms with Crippen molar-refractivity contribution in [2.45, 2.75) is 13.5 Å². The average Bonchev–Trinajstić information content (AvgIpc) is 2.26. The van der Waals surface area contributed by atoms with Gasteiger partial charge in [-0.25, -0.2) is 4.79 Å². The number of carboxylic acids is 1. The van der Waals surface area contributed by atoms with Crippen molar-refractivity contribution in [3.63, 3.8) is 0 Å². The van der Waals surface area contributed by atoms with Gasteiger partial charge in [-0.1, -0.05) is 18.2 Å². The van der Waals surface area contributed by atoms with Gasteiger partial charge in [-0.15, -0.1) is 0 Å².